The number of hydrogen-bond acceptors (Lipinski definition) is 3. The first-order valence-electron chi connectivity index (χ1n) is 10.4. The van der Waals surface area contributed by atoms with Crippen molar-refractivity contribution in [2.75, 3.05) is 13.1 Å². The van der Waals surface area contributed by atoms with Crippen molar-refractivity contribution in [1.82, 2.24) is 25.0 Å². The number of aryl methyl sites for hydroxylation is 1. The number of aromatic nitrogens is 3. The van der Waals surface area contributed by atoms with Gasteiger partial charge in [0.1, 0.15) is 12.4 Å². The Balaban J connectivity index is 1.49. The summed E-state index contributed by atoms with van der Waals surface area (Å²) in [6.45, 7) is 4.40. The summed E-state index contributed by atoms with van der Waals surface area (Å²) >= 11 is 0. The van der Waals surface area contributed by atoms with Crippen LogP contribution in [0.15, 0.2) is 41.4 Å². The molecule has 6 nitrogen and oxygen atoms in total. The third kappa shape index (κ3) is 4.26. The van der Waals surface area contributed by atoms with Crippen molar-refractivity contribution in [3.63, 3.8) is 0 Å². The molecule has 148 valence electrons. The molecule has 0 saturated heterocycles. The molecule has 1 N–H and O–H groups in total. The second-order valence-electron chi connectivity index (χ2n) is 7.78. The predicted octanol–water partition coefficient (Wildman–Crippen LogP) is 3.30. The van der Waals surface area contributed by atoms with E-state index in [1.54, 1.807) is 0 Å². The van der Waals surface area contributed by atoms with Crippen LogP contribution >= 0.6 is 0 Å². The molecule has 1 fully saturated rings. The highest BCUT2D eigenvalue weighted by Crippen LogP contribution is 2.23. The van der Waals surface area contributed by atoms with E-state index >= 15 is 0 Å². The molecule has 0 bridgehead atoms. The maximum Gasteiger partial charge on any atom is 0.194 e. The predicted molar refractivity (Wildman–Crippen MR) is 113 cm³/mol. The lowest BCUT2D eigenvalue weighted by Crippen LogP contribution is -2.47. The first-order chi connectivity index (χ1) is 13.7. The highest BCUT2D eigenvalue weighted by molar-refractivity contribution is 5.82. The normalized spacial score (nSPS) is 18.4. The molecule has 0 amide bonds. The van der Waals surface area contributed by atoms with E-state index in [2.05, 4.69) is 56.8 Å². The van der Waals surface area contributed by atoms with Crippen molar-refractivity contribution in [3.05, 3.63) is 53.6 Å². The molecule has 1 aromatic carbocycles. The van der Waals surface area contributed by atoms with Gasteiger partial charge in [-0.05, 0) is 37.3 Å². The van der Waals surface area contributed by atoms with Crippen LogP contribution in [0.25, 0.3) is 5.57 Å². The second kappa shape index (κ2) is 8.59. The van der Waals surface area contributed by atoms with Crippen molar-refractivity contribution in [2.24, 2.45) is 12.0 Å². The molecule has 28 heavy (non-hydrogen) atoms. The van der Waals surface area contributed by atoms with Crippen LogP contribution in [-0.2, 0) is 13.6 Å². The molecule has 4 rings (SSSR count). The Hall–Kier alpha value is -2.63. The molecule has 1 aromatic heterocycles. The Morgan fingerprint density at radius 2 is 1.96 bits per heavy atom. The van der Waals surface area contributed by atoms with Gasteiger partial charge in [0, 0.05) is 26.2 Å². The number of rotatable bonds is 4. The van der Waals surface area contributed by atoms with Gasteiger partial charge >= 0.3 is 0 Å². The third-order valence-electron chi connectivity index (χ3n) is 5.89. The molecule has 1 aliphatic heterocycles. The Kier molecular flexibility index (Phi) is 5.74. The van der Waals surface area contributed by atoms with Crippen LogP contribution < -0.4 is 5.32 Å². The van der Waals surface area contributed by atoms with E-state index in [1.165, 1.54) is 36.8 Å². The standard InChI is InChI=1S/C22H30N6/c1-17-25-26-21(27(17)2)16-23-22(24-20-10-6-7-11-20)28-14-12-19(13-15-28)18-8-4-3-5-9-18/h3-5,8-9,12,20H,6-7,10-11,13-16H2,1-2H3,(H,23,24). The highest BCUT2D eigenvalue weighted by Gasteiger charge is 2.21. The molecule has 0 radical (unpaired) electrons. The van der Waals surface area contributed by atoms with Crippen LogP contribution in [0.2, 0.25) is 0 Å². The fourth-order valence-corrected chi connectivity index (χ4v) is 4.00. The first-order valence-corrected chi connectivity index (χ1v) is 10.4. The minimum Gasteiger partial charge on any atom is -0.353 e. The molecule has 0 unspecified atom stereocenters. The maximum atomic E-state index is 4.93. The first kappa shape index (κ1) is 18.7. The summed E-state index contributed by atoms with van der Waals surface area (Å²) in [6, 6.07) is 11.2. The fraction of sp³-hybridized carbons (Fsp3) is 0.500. The van der Waals surface area contributed by atoms with Crippen molar-refractivity contribution >= 4 is 11.5 Å². The molecule has 6 heteroatoms. The van der Waals surface area contributed by atoms with Gasteiger partial charge in [0.15, 0.2) is 11.8 Å². The number of nitrogens with zero attached hydrogens (tertiary/aromatic N) is 5. The average molecular weight is 379 g/mol. The van der Waals surface area contributed by atoms with E-state index in [4.69, 9.17) is 4.99 Å². The summed E-state index contributed by atoms with van der Waals surface area (Å²) in [5.41, 5.74) is 2.76. The minimum atomic E-state index is 0.541. The van der Waals surface area contributed by atoms with Gasteiger partial charge in [-0.3, -0.25) is 0 Å². The summed E-state index contributed by atoms with van der Waals surface area (Å²) in [4.78, 5) is 7.30. The van der Waals surface area contributed by atoms with Crippen LogP contribution in [0.1, 0.15) is 49.3 Å². The Bertz CT molecular complexity index is 845. The van der Waals surface area contributed by atoms with E-state index in [-0.39, 0.29) is 0 Å². The lowest BCUT2D eigenvalue weighted by Gasteiger charge is -2.31. The Morgan fingerprint density at radius 3 is 2.61 bits per heavy atom. The molecule has 2 heterocycles. The molecule has 2 aliphatic rings. The van der Waals surface area contributed by atoms with Crippen molar-refractivity contribution in [2.45, 2.75) is 51.6 Å². The van der Waals surface area contributed by atoms with E-state index in [9.17, 15) is 0 Å². The molecular weight excluding hydrogens is 348 g/mol. The fourth-order valence-electron chi connectivity index (χ4n) is 4.00. The molecule has 0 spiro atoms. The zero-order chi connectivity index (χ0) is 19.3. The summed E-state index contributed by atoms with van der Waals surface area (Å²) in [7, 11) is 2.00. The van der Waals surface area contributed by atoms with Gasteiger partial charge in [-0.25, -0.2) is 4.99 Å². The molecule has 1 saturated carbocycles. The van der Waals surface area contributed by atoms with Crippen LogP contribution in [0.4, 0.5) is 0 Å². The SMILES string of the molecule is Cc1nnc(CN=C(NC2CCCC2)N2CC=C(c3ccccc3)CC2)n1C. The van der Waals surface area contributed by atoms with Gasteiger partial charge in [-0.2, -0.15) is 0 Å². The largest absolute Gasteiger partial charge is 0.353 e. The zero-order valence-electron chi connectivity index (χ0n) is 16.9. The Labute approximate surface area is 167 Å². The zero-order valence-corrected chi connectivity index (χ0v) is 16.9. The van der Waals surface area contributed by atoms with Gasteiger partial charge in [-0.15, -0.1) is 10.2 Å². The minimum absolute atomic E-state index is 0.541. The van der Waals surface area contributed by atoms with E-state index in [1.807, 2.05) is 18.5 Å². The molecular formula is C22H30N6. The van der Waals surface area contributed by atoms with Crippen LogP contribution in [0.3, 0.4) is 0 Å². The maximum absolute atomic E-state index is 4.93. The van der Waals surface area contributed by atoms with Crippen molar-refractivity contribution in [1.29, 1.82) is 0 Å². The third-order valence-corrected chi connectivity index (χ3v) is 5.89. The van der Waals surface area contributed by atoms with E-state index in [0.717, 1.165) is 37.1 Å². The number of hydrogen-bond donors (Lipinski definition) is 1. The van der Waals surface area contributed by atoms with E-state index < -0.39 is 0 Å². The molecule has 0 atom stereocenters. The second-order valence-corrected chi connectivity index (χ2v) is 7.78. The summed E-state index contributed by atoms with van der Waals surface area (Å²) in [6.07, 6.45) is 8.48. The average Bonchev–Trinajstić information content (AvgIpc) is 3.37. The van der Waals surface area contributed by atoms with Gasteiger partial charge in [-0.1, -0.05) is 49.2 Å². The van der Waals surface area contributed by atoms with Crippen molar-refractivity contribution in [3.8, 4) is 0 Å². The van der Waals surface area contributed by atoms with E-state index in [0.29, 0.717) is 12.6 Å². The molecule has 2 aromatic rings. The number of benzene rings is 1. The summed E-state index contributed by atoms with van der Waals surface area (Å²) < 4.78 is 2.01. The lowest BCUT2D eigenvalue weighted by atomic mass is 10.00. The number of guanidine groups is 1. The number of aliphatic imine (C=N–C) groups is 1. The monoisotopic (exact) mass is 378 g/mol. The highest BCUT2D eigenvalue weighted by atomic mass is 15.3. The van der Waals surface area contributed by atoms with Gasteiger partial charge < -0.3 is 14.8 Å². The Morgan fingerprint density at radius 1 is 1.18 bits per heavy atom. The molecule has 1 aliphatic carbocycles. The van der Waals surface area contributed by atoms with Crippen LogP contribution in [0, 0.1) is 6.92 Å². The topological polar surface area (TPSA) is 58.3 Å². The van der Waals surface area contributed by atoms with Crippen LogP contribution in [-0.4, -0.2) is 44.8 Å². The summed E-state index contributed by atoms with van der Waals surface area (Å²) in [5, 5.41) is 12.1. The number of nitrogens with one attached hydrogen (secondary N) is 1. The quantitative estimate of drug-likeness (QED) is 0.655. The van der Waals surface area contributed by atoms with Gasteiger partial charge in [0.25, 0.3) is 0 Å². The van der Waals surface area contributed by atoms with Gasteiger partial charge in [0.05, 0.1) is 0 Å². The van der Waals surface area contributed by atoms with Crippen LogP contribution in [0.5, 0.6) is 0 Å². The smallest absolute Gasteiger partial charge is 0.194 e. The van der Waals surface area contributed by atoms with Crippen molar-refractivity contribution < 1.29 is 0 Å². The lowest BCUT2D eigenvalue weighted by molar-refractivity contribution is 0.425. The summed E-state index contributed by atoms with van der Waals surface area (Å²) in [5.74, 6) is 2.83. The van der Waals surface area contributed by atoms with Gasteiger partial charge in [0.2, 0.25) is 0 Å².